The van der Waals surface area contributed by atoms with Gasteiger partial charge in [-0.2, -0.15) is 0 Å². The van der Waals surface area contributed by atoms with Gasteiger partial charge in [-0.25, -0.2) is 9.97 Å². The summed E-state index contributed by atoms with van der Waals surface area (Å²) in [7, 11) is 4.16. The number of aromatic nitrogens is 4. The third kappa shape index (κ3) is 4.99. The van der Waals surface area contributed by atoms with Crippen molar-refractivity contribution in [2.45, 2.75) is 26.8 Å². The highest BCUT2D eigenvalue weighted by molar-refractivity contribution is 6.07. The highest BCUT2D eigenvalue weighted by Gasteiger charge is 2.23. The van der Waals surface area contributed by atoms with Crippen LogP contribution >= 0.6 is 0 Å². The Morgan fingerprint density at radius 1 is 1.07 bits per heavy atom. The molecule has 42 heavy (non-hydrogen) atoms. The van der Waals surface area contributed by atoms with E-state index in [1.807, 2.05) is 43.1 Å². The number of fused-ring (bicyclic) bond motifs is 1. The summed E-state index contributed by atoms with van der Waals surface area (Å²) in [5, 5.41) is 4.01. The fourth-order valence-corrected chi connectivity index (χ4v) is 5.84. The van der Waals surface area contributed by atoms with Crippen LogP contribution in [0, 0.1) is 13.8 Å². The molecular formula is C34H37N7O. The Labute approximate surface area is 246 Å². The van der Waals surface area contributed by atoms with E-state index >= 15 is 0 Å². The molecule has 214 valence electrons. The number of aromatic amines is 1. The molecule has 0 bridgehead atoms. The van der Waals surface area contributed by atoms with E-state index in [4.69, 9.17) is 4.98 Å². The molecule has 2 N–H and O–H groups in total. The summed E-state index contributed by atoms with van der Waals surface area (Å²) in [6.07, 6.45) is 7.00. The van der Waals surface area contributed by atoms with Crippen LogP contribution in [0.5, 0.6) is 0 Å². The lowest BCUT2D eigenvalue weighted by molar-refractivity contribution is -0.111. The number of H-pyrrole nitrogens is 1. The average molecular weight is 560 g/mol. The number of aryl methyl sites for hydroxylation is 3. The van der Waals surface area contributed by atoms with Crippen LogP contribution in [0.1, 0.15) is 18.1 Å². The van der Waals surface area contributed by atoms with Gasteiger partial charge < -0.3 is 24.7 Å². The minimum atomic E-state index is -0.238. The number of hydrogen-bond donors (Lipinski definition) is 2. The number of carbonyl (C=O) groups is 1. The van der Waals surface area contributed by atoms with Crippen LogP contribution in [0.15, 0.2) is 73.8 Å². The zero-order valence-corrected chi connectivity index (χ0v) is 24.9. The predicted molar refractivity (Wildman–Crippen MR) is 172 cm³/mol. The second-order valence-electron chi connectivity index (χ2n) is 11.4. The first-order chi connectivity index (χ1) is 20.2. The summed E-state index contributed by atoms with van der Waals surface area (Å²) in [6, 6.07) is 15.5. The number of pyridine rings is 1. The van der Waals surface area contributed by atoms with Crippen LogP contribution in [0.4, 0.5) is 11.4 Å². The molecule has 2 aromatic carbocycles. The first-order valence-electron chi connectivity index (χ1n) is 14.3. The summed E-state index contributed by atoms with van der Waals surface area (Å²) < 4.78 is 1.94. The fraction of sp³-hybridized carbons (Fsp3) is 0.265. The van der Waals surface area contributed by atoms with Crippen molar-refractivity contribution >= 4 is 28.3 Å². The monoisotopic (exact) mass is 559 g/mol. The number of carbonyl (C=O) groups excluding carboxylic acids is 1. The Morgan fingerprint density at radius 3 is 2.52 bits per heavy atom. The maximum absolute atomic E-state index is 12.2. The minimum Gasteiger partial charge on any atom is -0.369 e. The number of imidazole rings is 1. The first-order valence-corrected chi connectivity index (χ1v) is 14.3. The van der Waals surface area contributed by atoms with Crippen molar-refractivity contribution < 1.29 is 4.79 Å². The Morgan fingerprint density at radius 2 is 1.83 bits per heavy atom. The highest BCUT2D eigenvalue weighted by atomic mass is 16.1. The minimum absolute atomic E-state index is 0.238. The summed E-state index contributed by atoms with van der Waals surface area (Å²) in [5.41, 5.74) is 10.8. The van der Waals surface area contributed by atoms with E-state index in [9.17, 15) is 4.79 Å². The molecule has 1 atom stereocenters. The van der Waals surface area contributed by atoms with Crippen LogP contribution in [0.3, 0.4) is 0 Å². The maximum atomic E-state index is 12.2. The summed E-state index contributed by atoms with van der Waals surface area (Å²) >= 11 is 0. The van der Waals surface area contributed by atoms with Crippen LogP contribution in [0.25, 0.3) is 44.7 Å². The molecular weight excluding hydrogens is 522 g/mol. The molecule has 0 saturated carbocycles. The summed E-state index contributed by atoms with van der Waals surface area (Å²) in [4.78, 5) is 30.2. The molecule has 4 heterocycles. The van der Waals surface area contributed by atoms with Gasteiger partial charge in [-0.1, -0.05) is 30.8 Å². The molecule has 0 aliphatic carbocycles. The Kier molecular flexibility index (Phi) is 7.16. The van der Waals surface area contributed by atoms with Crippen molar-refractivity contribution in [3.05, 3.63) is 85.0 Å². The molecule has 8 nitrogen and oxygen atoms in total. The number of nitrogens with one attached hydrogen (secondary N) is 2. The molecule has 1 amide bonds. The Bertz CT molecular complexity index is 1800. The van der Waals surface area contributed by atoms with Gasteiger partial charge in [0.25, 0.3) is 0 Å². The van der Waals surface area contributed by atoms with Gasteiger partial charge >= 0.3 is 0 Å². The smallest absolute Gasteiger partial charge is 0.247 e. The van der Waals surface area contributed by atoms with Crippen LogP contribution in [-0.4, -0.2) is 63.0 Å². The van der Waals surface area contributed by atoms with Gasteiger partial charge in [0, 0.05) is 73.0 Å². The standard InChI is InChI=1S/C34H37N7O/c1-7-30(42)37-28-16-25(9-8-21(28)2)32-31-23(4)27(29-19-39(5)20-36-29)17-35-34(31)38-33(32)24-10-12-26(13-11-24)41-15-14-40(6)22(3)18-41/h7-13,16-17,19-20,22H,1,14-15,18H2,2-6H3,(H,35,38)(H,37,42)/t22-/m1/s1. The molecule has 0 spiro atoms. The van der Waals surface area contributed by atoms with Crippen molar-refractivity contribution in [1.82, 2.24) is 24.4 Å². The third-order valence-electron chi connectivity index (χ3n) is 8.51. The normalized spacial score (nSPS) is 15.7. The van der Waals surface area contributed by atoms with E-state index in [0.29, 0.717) is 6.04 Å². The second-order valence-corrected chi connectivity index (χ2v) is 11.4. The van der Waals surface area contributed by atoms with Gasteiger partial charge in [-0.15, -0.1) is 0 Å². The fourth-order valence-electron chi connectivity index (χ4n) is 5.84. The van der Waals surface area contributed by atoms with E-state index < -0.39 is 0 Å². The number of amides is 1. The zero-order valence-electron chi connectivity index (χ0n) is 24.9. The van der Waals surface area contributed by atoms with E-state index in [1.54, 1.807) is 6.33 Å². The number of likely N-dealkylation sites (N-methyl/N-ethyl adjacent to an activating group) is 1. The number of anilines is 2. The van der Waals surface area contributed by atoms with E-state index in [0.717, 1.165) is 81.1 Å². The first kappa shape index (κ1) is 27.5. The van der Waals surface area contributed by atoms with Gasteiger partial charge in [0.2, 0.25) is 5.91 Å². The Hall–Kier alpha value is -4.69. The average Bonchev–Trinajstić information content (AvgIpc) is 3.60. The zero-order chi connectivity index (χ0) is 29.5. The molecule has 0 radical (unpaired) electrons. The van der Waals surface area contributed by atoms with Crippen LogP contribution in [0.2, 0.25) is 0 Å². The van der Waals surface area contributed by atoms with Gasteiger partial charge in [-0.05, 0) is 74.3 Å². The molecule has 6 rings (SSSR count). The third-order valence-corrected chi connectivity index (χ3v) is 8.51. The maximum Gasteiger partial charge on any atom is 0.247 e. The lowest BCUT2D eigenvalue weighted by atomic mass is 9.94. The molecule has 1 saturated heterocycles. The number of benzene rings is 2. The Balaban J connectivity index is 1.51. The summed E-state index contributed by atoms with van der Waals surface area (Å²) in [6.45, 7) is 13.1. The number of nitrogens with zero attached hydrogens (tertiary/aromatic N) is 5. The topological polar surface area (TPSA) is 82.1 Å². The van der Waals surface area contributed by atoms with E-state index in [2.05, 4.69) is 82.9 Å². The second kappa shape index (κ2) is 10.9. The van der Waals surface area contributed by atoms with Crippen molar-refractivity contribution in [3.63, 3.8) is 0 Å². The molecule has 8 heteroatoms. The van der Waals surface area contributed by atoms with Crippen LogP contribution < -0.4 is 10.2 Å². The lowest BCUT2D eigenvalue weighted by Crippen LogP contribution is -2.50. The quantitative estimate of drug-likeness (QED) is 0.243. The number of rotatable bonds is 6. The van der Waals surface area contributed by atoms with Crippen molar-refractivity contribution in [2.24, 2.45) is 7.05 Å². The molecule has 1 fully saturated rings. The van der Waals surface area contributed by atoms with Crippen LogP contribution in [-0.2, 0) is 11.8 Å². The SMILES string of the molecule is C=CC(=O)Nc1cc(-c2c(-c3ccc(N4CCN(C)[C@H](C)C4)cc3)[nH]c3ncc(-c4cn(C)cn4)c(C)c23)ccc1C. The van der Waals surface area contributed by atoms with Gasteiger partial charge in [-0.3, -0.25) is 4.79 Å². The molecule has 5 aromatic rings. The van der Waals surface area contributed by atoms with Crippen molar-refractivity contribution in [1.29, 1.82) is 0 Å². The number of hydrogen-bond acceptors (Lipinski definition) is 5. The largest absolute Gasteiger partial charge is 0.369 e. The van der Waals surface area contributed by atoms with Crippen molar-refractivity contribution in [2.75, 3.05) is 36.9 Å². The predicted octanol–water partition coefficient (Wildman–Crippen LogP) is 6.18. The van der Waals surface area contributed by atoms with Gasteiger partial charge in [0.05, 0.1) is 17.7 Å². The van der Waals surface area contributed by atoms with E-state index in [-0.39, 0.29) is 5.91 Å². The molecule has 3 aromatic heterocycles. The molecule has 0 unspecified atom stereocenters. The molecule has 1 aliphatic rings. The van der Waals surface area contributed by atoms with E-state index in [1.165, 1.54) is 11.8 Å². The van der Waals surface area contributed by atoms with Crippen molar-refractivity contribution in [3.8, 4) is 33.6 Å². The number of piperazine rings is 1. The highest BCUT2D eigenvalue weighted by Crippen LogP contribution is 2.42. The lowest BCUT2D eigenvalue weighted by Gasteiger charge is -2.39. The van der Waals surface area contributed by atoms with Gasteiger partial charge in [0.15, 0.2) is 0 Å². The molecule has 1 aliphatic heterocycles. The van der Waals surface area contributed by atoms with Gasteiger partial charge in [0.1, 0.15) is 5.65 Å². The summed E-state index contributed by atoms with van der Waals surface area (Å²) in [5.74, 6) is -0.238.